The van der Waals surface area contributed by atoms with Crippen LogP contribution in [0.1, 0.15) is 21.8 Å². The number of aromatic nitrogens is 1. The maximum absolute atomic E-state index is 12.3. The molecule has 0 aliphatic rings. The molecule has 5 nitrogen and oxygen atoms in total. The number of benzene rings is 1. The number of H-pyrrole nitrogens is 1. The van der Waals surface area contributed by atoms with Gasteiger partial charge in [0.1, 0.15) is 17.5 Å². The van der Waals surface area contributed by atoms with Crippen LogP contribution in [0.5, 0.6) is 5.75 Å². The Labute approximate surface area is 114 Å². The third-order valence-electron chi connectivity index (χ3n) is 3.09. The van der Waals surface area contributed by atoms with Gasteiger partial charge in [-0.3, -0.25) is 4.79 Å². The van der Waals surface area contributed by atoms with Crippen LogP contribution in [0.25, 0.3) is 10.9 Å². The minimum absolute atomic E-state index is 0.194. The number of furan rings is 1. The number of carbonyl (C=O) groups excluding carboxylic acids is 1. The maximum atomic E-state index is 12.3. The lowest BCUT2D eigenvalue weighted by Crippen LogP contribution is -2.02. The third kappa shape index (κ3) is 1.75. The first-order valence-electron chi connectivity index (χ1n) is 5.92. The first-order chi connectivity index (χ1) is 9.74. The van der Waals surface area contributed by atoms with Gasteiger partial charge in [0, 0.05) is 11.5 Å². The van der Waals surface area contributed by atoms with Crippen LogP contribution in [0.4, 0.5) is 0 Å². The van der Waals surface area contributed by atoms with E-state index in [1.54, 1.807) is 37.4 Å². The number of carbonyl (C=O) groups is 1. The van der Waals surface area contributed by atoms with Crippen LogP contribution < -0.4 is 4.74 Å². The van der Waals surface area contributed by atoms with Crippen molar-refractivity contribution in [3.63, 3.8) is 0 Å². The molecule has 2 heterocycles. The summed E-state index contributed by atoms with van der Waals surface area (Å²) in [6.07, 6.45) is 1.42. The number of nitrogens with zero attached hydrogens (tertiary/aromatic N) is 1. The number of rotatable bonds is 3. The first-order valence-corrected chi connectivity index (χ1v) is 5.92. The van der Waals surface area contributed by atoms with Crippen molar-refractivity contribution >= 4 is 16.7 Å². The highest BCUT2D eigenvalue weighted by Gasteiger charge is 2.21. The van der Waals surface area contributed by atoms with Crippen molar-refractivity contribution in [3.8, 4) is 11.8 Å². The molecule has 0 unspecified atom stereocenters. The Morgan fingerprint density at radius 1 is 1.40 bits per heavy atom. The maximum Gasteiger partial charge on any atom is 0.245 e. The Hall–Kier alpha value is -3.00. The van der Waals surface area contributed by atoms with Gasteiger partial charge in [0.2, 0.25) is 5.78 Å². The standard InChI is InChI=1S/C15H10N2O3/c1-19-9-4-5-10-11(8-16)14(17-12(10)7-9)15(18)13-3-2-6-20-13/h2-7,17H,1H3. The Morgan fingerprint density at radius 2 is 2.25 bits per heavy atom. The minimum Gasteiger partial charge on any atom is -0.497 e. The monoisotopic (exact) mass is 266 g/mol. The molecule has 0 radical (unpaired) electrons. The zero-order valence-corrected chi connectivity index (χ0v) is 10.6. The van der Waals surface area contributed by atoms with Crippen molar-refractivity contribution in [2.75, 3.05) is 7.11 Å². The first kappa shape index (κ1) is 12.1. The second-order valence-corrected chi connectivity index (χ2v) is 4.20. The molecule has 5 heteroatoms. The summed E-state index contributed by atoms with van der Waals surface area (Å²) in [5, 5.41) is 9.98. The Bertz CT molecular complexity index is 823. The van der Waals surface area contributed by atoms with Gasteiger partial charge in [-0.15, -0.1) is 0 Å². The predicted molar refractivity (Wildman–Crippen MR) is 71.7 cm³/mol. The Morgan fingerprint density at radius 3 is 2.90 bits per heavy atom. The molecule has 3 aromatic rings. The lowest BCUT2D eigenvalue weighted by molar-refractivity contribution is 0.100. The van der Waals surface area contributed by atoms with Crippen LogP contribution in [0, 0.1) is 11.3 Å². The van der Waals surface area contributed by atoms with E-state index in [-0.39, 0.29) is 17.2 Å². The van der Waals surface area contributed by atoms with Gasteiger partial charge >= 0.3 is 0 Å². The van der Waals surface area contributed by atoms with E-state index in [2.05, 4.69) is 11.1 Å². The van der Waals surface area contributed by atoms with Gasteiger partial charge in [-0.05, 0) is 24.3 Å². The summed E-state index contributed by atoms with van der Waals surface area (Å²) in [7, 11) is 1.56. The number of nitrogens with one attached hydrogen (secondary N) is 1. The zero-order valence-electron chi connectivity index (χ0n) is 10.6. The van der Waals surface area contributed by atoms with E-state index in [9.17, 15) is 10.1 Å². The number of hydrogen-bond donors (Lipinski definition) is 1. The summed E-state index contributed by atoms with van der Waals surface area (Å²) in [6.45, 7) is 0. The molecule has 0 saturated carbocycles. The fourth-order valence-electron chi connectivity index (χ4n) is 2.12. The normalized spacial score (nSPS) is 10.4. The molecule has 0 atom stereocenters. The molecule has 1 aromatic carbocycles. The molecule has 0 aliphatic heterocycles. The molecule has 1 N–H and O–H groups in total. The SMILES string of the molecule is COc1ccc2c(C#N)c(C(=O)c3ccco3)[nH]c2c1. The van der Waals surface area contributed by atoms with E-state index in [0.29, 0.717) is 22.2 Å². The van der Waals surface area contributed by atoms with E-state index in [0.717, 1.165) is 0 Å². The van der Waals surface area contributed by atoms with Crippen molar-refractivity contribution < 1.29 is 13.9 Å². The van der Waals surface area contributed by atoms with E-state index in [1.807, 2.05) is 0 Å². The lowest BCUT2D eigenvalue weighted by Gasteiger charge is -1.97. The molecule has 0 amide bonds. The van der Waals surface area contributed by atoms with Crippen LogP contribution in [-0.2, 0) is 0 Å². The molecular formula is C15H10N2O3. The summed E-state index contributed by atoms with van der Waals surface area (Å²) in [4.78, 5) is 15.3. The summed E-state index contributed by atoms with van der Waals surface area (Å²) >= 11 is 0. The predicted octanol–water partition coefficient (Wildman–Crippen LogP) is 2.87. The fourth-order valence-corrected chi connectivity index (χ4v) is 2.12. The van der Waals surface area contributed by atoms with Crippen molar-refractivity contribution in [2.24, 2.45) is 0 Å². The highest BCUT2D eigenvalue weighted by molar-refractivity contribution is 6.11. The number of ether oxygens (including phenoxy) is 1. The van der Waals surface area contributed by atoms with E-state index < -0.39 is 0 Å². The number of methoxy groups -OCH3 is 1. The molecule has 0 fully saturated rings. The van der Waals surface area contributed by atoms with E-state index >= 15 is 0 Å². The van der Waals surface area contributed by atoms with E-state index in [4.69, 9.17) is 9.15 Å². The topological polar surface area (TPSA) is 79.0 Å². The molecular weight excluding hydrogens is 256 g/mol. The largest absolute Gasteiger partial charge is 0.497 e. The molecule has 0 spiro atoms. The van der Waals surface area contributed by atoms with Crippen molar-refractivity contribution in [3.05, 3.63) is 53.6 Å². The van der Waals surface area contributed by atoms with Gasteiger partial charge in [0.05, 0.1) is 24.5 Å². The van der Waals surface area contributed by atoms with Crippen molar-refractivity contribution in [1.82, 2.24) is 4.98 Å². The van der Waals surface area contributed by atoms with Crippen molar-refractivity contribution in [1.29, 1.82) is 5.26 Å². The van der Waals surface area contributed by atoms with Gasteiger partial charge in [-0.25, -0.2) is 0 Å². The molecule has 0 aliphatic carbocycles. The average molecular weight is 266 g/mol. The van der Waals surface area contributed by atoms with Crippen LogP contribution in [0.2, 0.25) is 0 Å². The summed E-state index contributed by atoms with van der Waals surface area (Å²) < 4.78 is 10.2. The highest BCUT2D eigenvalue weighted by Crippen LogP contribution is 2.27. The average Bonchev–Trinajstić information content (AvgIpc) is 3.12. The Balaban J connectivity index is 2.21. The van der Waals surface area contributed by atoms with Crippen LogP contribution >= 0.6 is 0 Å². The lowest BCUT2D eigenvalue weighted by atomic mass is 10.1. The third-order valence-corrected chi connectivity index (χ3v) is 3.09. The number of nitriles is 1. The fraction of sp³-hybridized carbons (Fsp3) is 0.0667. The second kappa shape index (κ2) is 4.59. The highest BCUT2D eigenvalue weighted by atomic mass is 16.5. The summed E-state index contributed by atoms with van der Waals surface area (Å²) in [5.74, 6) is 0.502. The van der Waals surface area contributed by atoms with Gasteiger partial charge in [-0.1, -0.05) is 0 Å². The van der Waals surface area contributed by atoms with Gasteiger partial charge < -0.3 is 14.1 Å². The van der Waals surface area contributed by atoms with Gasteiger partial charge in [0.15, 0.2) is 5.76 Å². The van der Waals surface area contributed by atoms with Crippen molar-refractivity contribution in [2.45, 2.75) is 0 Å². The second-order valence-electron chi connectivity index (χ2n) is 4.20. The molecule has 3 rings (SSSR count). The van der Waals surface area contributed by atoms with Gasteiger partial charge in [0.25, 0.3) is 0 Å². The molecule has 2 aromatic heterocycles. The summed E-state index contributed by atoms with van der Waals surface area (Å²) in [6, 6.07) is 10.5. The molecule has 0 saturated heterocycles. The number of fused-ring (bicyclic) bond motifs is 1. The minimum atomic E-state index is -0.346. The molecule has 98 valence electrons. The van der Waals surface area contributed by atoms with Crippen LogP contribution in [0.15, 0.2) is 41.0 Å². The zero-order chi connectivity index (χ0) is 14.1. The van der Waals surface area contributed by atoms with E-state index in [1.165, 1.54) is 6.26 Å². The smallest absolute Gasteiger partial charge is 0.245 e. The van der Waals surface area contributed by atoms with Crippen LogP contribution in [-0.4, -0.2) is 17.9 Å². The number of ketones is 1. The summed E-state index contributed by atoms with van der Waals surface area (Å²) in [5.41, 5.74) is 1.21. The van der Waals surface area contributed by atoms with Gasteiger partial charge in [-0.2, -0.15) is 5.26 Å². The molecule has 20 heavy (non-hydrogen) atoms. The number of aromatic amines is 1. The molecule has 0 bridgehead atoms. The van der Waals surface area contributed by atoms with Crippen LogP contribution in [0.3, 0.4) is 0 Å². The number of hydrogen-bond acceptors (Lipinski definition) is 4. The Kier molecular flexibility index (Phi) is 2.77. The quantitative estimate of drug-likeness (QED) is 0.739.